The number of amidine groups is 4. The lowest BCUT2D eigenvalue weighted by Crippen LogP contribution is -2.52. The van der Waals surface area contributed by atoms with E-state index in [0.29, 0.717) is 0 Å². The van der Waals surface area contributed by atoms with E-state index >= 15 is 0 Å². The fourth-order valence-electron chi connectivity index (χ4n) is 0.706. The van der Waals surface area contributed by atoms with E-state index in [-0.39, 0.29) is 24.8 Å². The lowest BCUT2D eigenvalue weighted by atomic mass is 10.00. The molecule has 0 atom stereocenters. The van der Waals surface area contributed by atoms with Gasteiger partial charge in [-0.1, -0.05) is 0 Å². The van der Waals surface area contributed by atoms with Crippen LogP contribution < -0.4 is 22.9 Å². The second-order valence-corrected chi connectivity index (χ2v) is 4.00. The molecule has 0 rings (SSSR count). The molecule has 0 aliphatic rings. The number of halogens is 2. The highest BCUT2D eigenvalue weighted by molar-refractivity contribution is 6.12. The van der Waals surface area contributed by atoms with Crippen LogP contribution in [0.15, 0.2) is 10.2 Å². The SMILES string of the molecule is CC(/N=N/C(C)(C(=N)N)C(=N)N)(C(=N)N)C(=N)N.Cl.Cl. The van der Waals surface area contributed by atoms with E-state index in [1.54, 1.807) is 0 Å². The molecule has 12 heteroatoms. The fraction of sp³-hybridized carbons (Fsp3) is 0.500. The molecule has 116 valence electrons. The maximum absolute atomic E-state index is 7.33. The van der Waals surface area contributed by atoms with Crippen LogP contribution in [0, 0.1) is 21.6 Å². The van der Waals surface area contributed by atoms with E-state index in [0.717, 1.165) is 0 Å². The molecule has 0 spiro atoms. The van der Waals surface area contributed by atoms with E-state index in [4.69, 9.17) is 44.6 Å². The number of rotatable bonds is 6. The molecule has 0 unspecified atom stereocenters. The van der Waals surface area contributed by atoms with Crippen LogP contribution in [0.3, 0.4) is 0 Å². The Labute approximate surface area is 128 Å². The number of azo groups is 1. The maximum atomic E-state index is 7.33. The first-order chi connectivity index (χ1) is 7.98. The van der Waals surface area contributed by atoms with Gasteiger partial charge < -0.3 is 22.9 Å². The molecule has 0 aromatic carbocycles. The summed E-state index contributed by atoms with van der Waals surface area (Å²) in [6, 6.07) is 0. The van der Waals surface area contributed by atoms with Gasteiger partial charge in [0.05, 0.1) is 0 Å². The van der Waals surface area contributed by atoms with E-state index in [1.807, 2.05) is 0 Å². The quantitative estimate of drug-likeness (QED) is 0.184. The Morgan fingerprint density at radius 2 is 0.800 bits per heavy atom. The molecule has 0 aliphatic carbocycles. The molecule has 10 nitrogen and oxygen atoms in total. The molecule has 0 radical (unpaired) electrons. The summed E-state index contributed by atoms with van der Waals surface area (Å²) in [5.74, 6) is -1.97. The first-order valence-corrected chi connectivity index (χ1v) is 4.80. The van der Waals surface area contributed by atoms with Gasteiger partial charge >= 0.3 is 0 Å². The Morgan fingerprint density at radius 3 is 0.900 bits per heavy atom. The molecule has 0 aromatic heterocycles. The van der Waals surface area contributed by atoms with Crippen molar-refractivity contribution in [2.24, 2.45) is 33.2 Å². The maximum Gasteiger partial charge on any atom is 0.191 e. The van der Waals surface area contributed by atoms with Gasteiger partial charge in [-0.25, -0.2) is 0 Å². The monoisotopic (exact) mass is 326 g/mol. The Balaban J connectivity index is -0.00000144. The Hall–Kier alpha value is -1.94. The van der Waals surface area contributed by atoms with Crippen LogP contribution in [-0.4, -0.2) is 34.4 Å². The molecule has 0 fully saturated rings. The number of hydrogen-bond donors (Lipinski definition) is 8. The number of nitrogens with zero attached hydrogens (tertiary/aromatic N) is 2. The van der Waals surface area contributed by atoms with Crippen LogP contribution >= 0.6 is 24.8 Å². The molecular formula is C8H20Cl2N10. The third-order valence-electron chi connectivity index (χ3n) is 2.55. The van der Waals surface area contributed by atoms with Gasteiger partial charge in [-0.3, -0.25) is 21.6 Å². The van der Waals surface area contributed by atoms with Crippen LogP contribution in [0.1, 0.15) is 13.8 Å². The summed E-state index contributed by atoms with van der Waals surface area (Å²) in [6.07, 6.45) is 0. The second kappa shape index (κ2) is 7.60. The highest BCUT2D eigenvalue weighted by Crippen LogP contribution is 2.16. The van der Waals surface area contributed by atoms with Crippen LogP contribution in [0.2, 0.25) is 0 Å². The van der Waals surface area contributed by atoms with Crippen molar-refractivity contribution < 1.29 is 0 Å². The first kappa shape index (κ1) is 23.2. The zero-order valence-electron chi connectivity index (χ0n) is 11.0. The zero-order chi connectivity index (χ0) is 14.7. The Kier molecular flexibility index (Phi) is 8.81. The zero-order valence-corrected chi connectivity index (χ0v) is 12.7. The third kappa shape index (κ3) is 4.31. The third-order valence-corrected chi connectivity index (χ3v) is 2.55. The van der Waals surface area contributed by atoms with Gasteiger partial charge in [-0.15, -0.1) is 24.8 Å². The van der Waals surface area contributed by atoms with Crippen molar-refractivity contribution in [3.05, 3.63) is 0 Å². The van der Waals surface area contributed by atoms with Crippen molar-refractivity contribution in [1.29, 1.82) is 21.6 Å². The van der Waals surface area contributed by atoms with E-state index in [2.05, 4.69) is 10.2 Å². The molecule has 20 heavy (non-hydrogen) atoms. The van der Waals surface area contributed by atoms with E-state index < -0.39 is 34.4 Å². The summed E-state index contributed by atoms with van der Waals surface area (Å²) < 4.78 is 0. The van der Waals surface area contributed by atoms with Gasteiger partial charge in [-0.05, 0) is 13.8 Å². The average Bonchev–Trinajstić information content (AvgIpc) is 2.23. The van der Waals surface area contributed by atoms with Gasteiger partial charge in [0, 0.05) is 0 Å². The molecule has 0 aromatic rings. The van der Waals surface area contributed by atoms with Gasteiger partial charge in [0.2, 0.25) is 0 Å². The Morgan fingerprint density at radius 1 is 0.650 bits per heavy atom. The largest absolute Gasteiger partial charge is 0.385 e. The highest BCUT2D eigenvalue weighted by Gasteiger charge is 2.37. The second-order valence-electron chi connectivity index (χ2n) is 4.00. The molecule has 0 aliphatic heterocycles. The minimum absolute atomic E-state index is 0. The van der Waals surface area contributed by atoms with Crippen LogP contribution in [-0.2, 0) is 0 Å². The van der Waals surface area contributed by atoms with Crippen LogP contribution in [0.4, 0.5) is 0 Å². The molecule has 0 bridgehead atoms. The first-order valence-electron chi connectivity index (χ1n) is 4.80. The molecule has 0 saturated carbocycles. The smallest absolute Gasteiger partial charge is 0.191 e. The summed E-state index contributed by atoms with van der Waals surface area (Å²) in [5, 5.41) is 36.6. The summed E-state index contributed by atoms with van der Waals surface area (Å²) in [7, 11) is 0. The van der Waals surface area contributed by atoms with E-state index in [9.17, 15) is 0 Å². The average molecular weight is 327 g/mol. The molecule has 0 amide bonds. The summed E-state index contributed by atoms with van der Waals surface area (Å²) in [6.45, 7) is 2.61. The van der Waals surface area contributed by atoms with Crippen LogP contribution in [0.5, 0.6) is 0 Å². The molecule has 0 heterocycles. The molecule has 12 N–H and O–H groups in total. The number of nitrogens with two attached hydrogens (primary N) is 4. The van der Waals surface area contributed by atoms with Crippen molar-refractivity contribution in [3.8, 4) is 0 Å². The summed E-state index contributed by atoms with van der Waals surface area (Å²) >= 11 is 0. The van der Waals surface area contributed by atoms with Crippen LogP contribution in [0.25, 0.3) is 0 Å². The normalized spacial score (nSPS) is 15.9. The fourth-order valence-corrected chi connectivity index (χ4v) is 0.706. The molecule has 0 saturated heterocycles. The lowest BCUT2D eigenvalue weighted by Gasteiger charge is -2.25. The highest BCUT2D eigenvalue weighted by atomic mass is 35.5. The number of nitrogens with one attached hydrogen (secondary N) is 4. The summed E-state index contributed by atoms with van der Waals surface area (Å²) in [4.78, 5) is 0. The number of hydrogen-bond acceptors (Lipinski definition) is 6. The van der Waals surface area contributed by atoms with Gasteiger partial charge in [-0.2, -0.15) is 10.2 Å². The standard InChI is InChI=1S/C8H18N10.2ClH/c1-7(3(9)10,4(11)12)17-18-8(2,5(13)14)6(15)16;;/h1-2H3,(H3,9,10)(H3,11,12)(H3,13,14)(H3,15,16);2*1H/b18-17+;;. The van der Waals surface area contributed by atoms with Gasteiger partial charge in [0.15, 0.2) is 11.1 Å². The minimum Gasteiger partial charge on any atom is -0.385 e. The van der Waals surface area contributed by atoms with E-state index in [1.165, 1.54) is 13.8 Å². The van der Waals surface area contributed by atoms with Crippen molar-refractivity contribution in [2.45, 2.75) is 24.9 Å². The Bertz CT molecular complexity index is 375. The van der Waals surface area contributed by atoms with Gasteiger partial charge in [0.25, 0.3) is 0 Å². The van der Waals surface area contributed by atoms with Crippen molar-refractivity contribution in [1.82, 2.24) is 0 Å². The van der Waals surface area contributed by atoms with Gasteiger partial charge in [0.1, 0.15) is 23.3 Å². The van der Waals surface area contributed by atoms with Crippen molar-refractivity contribution in [2.75, 3.05) is 0 Å². The predicted molar refractivity (Wildman–Crippen MR) is 83.8 cm³/mol. The lowest BCUT2D eigenvalue weighted by molar-refractivity contribution is 0.651. The van der Waals surface area contributed by atoms with Crippen molar-refractivity contribution in [3.63, 3.8) is 0 Å². The summed E-state index contributed by atoms with van der Waals surface area (Å²) in [5.41, 5.74) is 17.9. The topological polar surface area (TPSA) is 224 Å². The minimum atomic E-state index is -1.65. The predicted octanol–water partition coefficient (Wildman–Crippen LogP) is -0.457. The molecular weight excluding hydrogens is 307 g/mol. The van der Waals surface area contributed by atoms with Crippen molar-refractivity contribution >= 4 is 48.2 Å².